The lowest BCUT2D eigenvalue weighted by atomic mass is 10.0. The average molecular weight is 267 g/mol. The summed E-state index contributed by atoms with van der Waals surface area (Å²) in [7, 11) is 0. The molecular formula is C13H21N3O3. The van der Waals surface area contributed by atoms with E-state index in [0.29, 0.717) is 36.9 Å². The van der Waals surface area contributed by atoms with Crippen LogP contribution in [0.2, 0.25) is 0 Å². The van der Waals surface area contributed by atoms with E-state index in [1.807, 2.05) is 13.8 Å². The molecule has 0 saturated heterocycles. The minimum atomic E-state index is -0.761. The van der Waals surface area contributed by atoms with Gasteiger partial charge in [-0.2, -0.15) is 0 Å². The molecule has 1 aromatic heterocycles. The maximum atomic E-state index is 11.3. The van der Waals surface area contributed by atoms with Gasteiger partial charge in [-0.1, -0.05) is 13.8 Å². The van der Waals surface area contributed by atoms with Gasteiger partial charge in [-0.3, -0.25) is 9.59 Å². The number of aromatic nitrogens is 2. The molecule has 1 atom stereocenters. The summed E-state index contributed by atoms with van der Waals surface area (Å²) in [5.74, 6) is 0.805. The first-order valence-corrected chi connectivity index (χ1v) is 6.57. The van der Waals surface area contributed by atoms with Gasteiger partial charge >= 0.3 is 5.97 Å². The van der Waals surface area contributed by atoms with Gasteiger partial charge in [-0.05, 0) is 18.8 Å². The number of aliphatic carboxylic acids is 1. The van der Waals surface area contributed by atoms with E-state index < -0.39 is 5.97 Å². The van der Waals surface area contributed by atoms with Crippen LogP contribution in [0, 0.1) is 5.92 Å². The van der Waals surface area contributed by atoms with Gasteiger partial charge in [0.15, 0.2) is 0 Å². The minimum absolute atomic E-state index is 0.159. The number of aromatic amines is 1. The first-order valence-electron chi connectivity index (χ1n) is 6.57. The van der Waals surface area contributed by atoms with Gasteiger partial charge in [-0.15, -0.1) is 0 Å². The van der Waals surface area contributed by atoms with E-state index in [0.717, 1.165) is 6.42 Å². The molecule has 0 aromatic carbocycles. The zero-order chi connectivity index (χ0) is 14.3. The SMILES string of the molecule is CCc1nc(NCCC(C)CCC(=O)O)cc(=O)[nH]1. The monoisotopic (exact) mass is 267 g/mol. The lowest BCUT2D eigenvalue weighted by Crippen LogP contribution is -2.15. The summed E-state index contributed by atoms with van der Waals surface area (Å²) in [5.41, 5.74) is -0.159. The maximum absolute atomic E-state index is 11.3. The Hall–Kier alpha value is -1.85. The van der Waals surface area contributed by atoms with E-state index in [2.05, 4.69) is 15.3 Å². The van der Waals surface area contributed by atoms with Crippen molar-refractivity contribution in [3.63, 3.8) is 0 Å². The summed E-state index contributed by atoms with van der Waals surface area (Å²) in [6.07, 6.45) is 2.40. The van der Waals surface area contributed by atoms with Crippen LogP contribution in [0.5, 0.6) is 0 Å². The number of aryl methyl sites for hydroxylation is 1. The number of nitrogens with one attached hydrogen (secondary N) is 2. The van der Waals surface area contributed by atoms with Crippen molar-refractivity contribution in [1.82, 2.24) is 9.97 Å². The number of carboxylic acid groups (broad SMARTS) is 1. The van der Waals surface area contributed by atoms with E-state index in [9.17, 15) is 9.59 Å². The Balaban J connectivity index is 2.38. The molecule has 0 amide bonds. The molecule has 6 heteroatoms. The molecule has 1 rings (SSSR count). The number of carboxylic acids is 1. The lowest BCUT2D eigenvalue weighted by molar-refractivity contribution is -0.137. The fourth-order valence-corrected chi connectivity index (χ4v) is 1.73. The van der Waals surface area contributed by atoms with Crippen LogP contribution in [0.1, 0.15) is 38.9 Å². The number of anilines is 1. The number of hydrogen-bond donors (Lipinski definition) is 3. The second-order valence-corrected chi connectivity index (χ2v) is 4.68. The highest BCUT2D eigenvalue weighted by Gasteiger charge is 2.06. The Kier molecular flexibility index (Phi) is 6.05. The van der Waals surface area contributed by atoms with Gasteiger partial charge in [-0.25, -0.2) is 4.98 Å². The van der Waals surface area contributed by atoms with Gasteiger partial charge in [0.1, 0.15) is 11.6 Å². The van der Waals surface area contributed by atoms with Crippen molar-refractivity contribution in [1.29, 1.82) is 0 Å². The standard InChI is InChI=1S/C13H21N3O3/c1-3-10-15-11(8-12(17)16-10)14-7-6-9(2)4-5-13(18)19/h8-9H,3-7H2,1-2H3,(H,18,19)(H2,14,15,16,17). The van der Waals surface area contributed by atoms with Crippen LogP contribution < -0.4 is 10.9 Å². The predicted octanol–water partition coefficient (Wildman–Crippen LogP) is 1.64. The van der Waals surface area contributed by atoms with Crippen LogP contribution in [-0.4, -0.2) is 27.6 Å². The van der Waals surface area contributed by atoms with Crippen molar-refractivity contribution in [3.8, 4) is 0 Å². The van der Waals surface area contributed by atoms with Crippen molar-refractivity contribution >= 4 is 11.8 Å². The van der Waals surface area contributed by atoms with Crippen molar-refractivity contribution in [3.05, 3.63) is 22.2 Å². The highest BCUT2D eigenvalue weighted by atomic mass is 16.4. The third kappa shape index (κ3) is 6.03. The molecule has 0 aliphatic carbocycles. The second kappa shape index (κ2) is 7.56. The summed E-state index contributed by atoms with van der Waals surface area (Å²) in [6.45, 7) is 4.63. The molecule has 0 saturated carbocycles. The van der Waals surface area contributed by atoms with Crippen molar-refractivity contribution in [2.24, 2.45) is 5.92 Å². The molecule has 1 aromatic rings. The van der Waals surface area contributed by atoms with E-state index in [-0.39, 0.29) is 12.0 Å². The zero-order valence-corrected chi connectivity index (χ0v) is 11.4. The second-order valence-electron chi connectivity index (χ2n) is 4.68. The summed E-state index contributed by atoms with van der Waals surface area (Å²) in [4.78, 5) is 28.7. The number of carbonyl (C=O) groups is 1. The number of hydrogen-bond acceptors (Lipinski definition) is 4. The Labute approximate surface area is 112 Å². The Morgan fingerprint density at radius 2 is 2.26 bits per heavy atom. The number of rotatable bonds is 8. The van der Waals surface area contributed by atoms with Crippen LogP contribution >= 0.6 is 0 Å². The average Bonchev–Trinajstić information content (AvgIpc) is 2.35. The normalized spacial score (nSPS) is 12.1. The molecule has 0 radical (unpaired) electrons. The predicted molar refractivity (Wildman–Crippen MR) is 73.4 cm³/mol. The summed E-state index contributed by atoms with van der Waals surface area (Å²) >= 11 is 0. The van der Waals surface area contributed by atoms with Gasteiger partial charge in [0.05, 0.1) is 0 Å². The van der Waals surface area contributed by atoms with Gasteiger partial charge in [0.2, 0.25) is 0 Å². The van der Waals surface area contributed by atoms with E-state index in [1.165, 1.54) is 6.07 Å². The maximum Gasteiger partial charge on any atom is 0.303 e. The molecule has 1 unspecified atom stereocenters. The summed E-state index contributed by atoms with van der Waals surface area (Å²) in [5, 5.41) is 11.7. The third-order valence-electron chi connectivity index (χ3n) is 2.92. The fourth-order valence-electron chi connectivity index (χ4n) is 1.73. The largest absolute Gasteiger partial charge is 0.481 e. The van der Waals surface area contributed by atoms with Crippen molar-refractivity contribution in [2.75, 3.05) is 11.9 Å². The lowest BCUT2D eigenvalue weighted by Gasteiger charge is -2.11. The number of nitrogens with zero attached hydrogens (tertiary/aromatic N) is 1. The zero-order valence-electron chi connectivity index (χ0n) is 11.4. The quantitative estimate of drug-likeness (QED) is 0.665. The third-order valence-corrected chi connectivity index (χ3v) is 2.92. The molecule has 106 valence electrons. The molecule has 0 fully saturated rings. The Morgan fingerprint density at radius 3 is 2.89 bits per heavy atom. The van der Waals surface area contributed by atoms with Gasteiger partial charge in [0, 0.05) is 25.5 Å². The van der Waals surface area contributed by atoms with Gasteiger partial charge in [0.25, 0.3) is 5.56 Å². The van der Waals surface area contributed by atoms with E-state index in [1.54, 1.807) is 0 Å². The molecular weight excluding hydrogens is 246 g/mol. The minimum Gasteiger partial charge on any atom is -0.481 e. The Morgan fingerprint density at radius 1 is 1.53 bits per heavy atom. The van der Waals surface area contributed by atoms with Crippen LogP contribution in [0.4, 0.5) is 5.82 Å². The molecule has 0 spiro atoms. The van der Waals surface area contributed by atoms with Crippen molar-refractivity contribution < 1.29 is 9.90 Å². The van der Waals surface area contributed by atoms with Gasteiger partial charge < -0.3 is 15.4 Å². The molecule has 0 bridgehead atoms. The van der Waals surface area contributed by atoms with Crippen LogP contribution in [0.15, 0.2) is 10.9 Å². The Bertz CT molecular complexity index is 470. The van der Waals surface area contributed by atoms with E-state index >= 15 is 0 Å². The molecule has 19 heavy (non-hydrogen) atoms. The van der Waals surface area contributed by atoms with E-state index in [4.69, 9.17) is 5.11 Å². The molecule has 0 aliphatic heterocycles. The smallest absolute Gasteiger partial charge is 0.303 e. The first-order chi connectivity index (χ1) is 9.01. The van der Waals surface area contributed by atoms with Crippen LogP contribution in [0.3, 0.4) is 0 Å². The van der Waals surface area contributed by atoms with Crippen LogP contribution in [0.25, 0.3) is 0 Å². The first kappa shape index (κ1) is 15.2. The highest BCUT2D eigenvalue weighted by Crippen LogP contribution is 2.10. The topological polar surface area (TPSA) is 95.1 Å². The number of H-pyrrole nitrogens is 1. The summed E-state index contributed by atoms with van der Waals surface area (Å²) < 4.78 is 0. The van der Waals surface area contributed by atoms with Crippen molar-refractivity contribution in [2.45, 2.75) is 39.5 Å². The summed E-state index contributed by atoms with van der Waals surface area (Å²) in [6, 6.07) is 1.43. The molecule has 1 heterocycles. The fraction of sp³-hybridized carbons (Fsp3) is 0.615. The highest BCUT2D eigenvalue weighted by molar-refractivity contribution is 5.66. The molecule has 6 nitrogen and oxygen atoms in total. The molecule has 0 aliphatic rings. The molecule has 3 N–H and O–H groups in total. The van der Waals surface area contributed by atoms with Crippen LogP contribution in [-0.2, 0) is 11.2 Å².